The van der Waals surface area contributed by atoms with E-state index < -0.39 is 0 Å². The van der Waals surface area contributed by atoms with Crippen LogP contribution in [0.5, 0.6) is 0 Å². The van der Waals surface area contributed by atoms with E-state index in [0.29, 0.717) is 12.0 Å². The van der Waals surface area contributed by atoms with Crippen molar-refractivity contribution in [3.05, 3.63) is 0 Å². The maximum absolute atomic E-state index is 5.65. The molecule has 0 fully saturated rings. The first kappa shape index (κ1) is 11.9. The lowest BCUT2D eigenvalue weighted by atomic mass is 10.0. The van der Waals surface area contributed by atoms with Gasteiger partial charge in [-0.15, -0.1) is 0 Å². The molecule has 0 aromatic heterocycles. The molecule has 0 aliphatic heterocycles. The van der Waals surface area contributed by atoms with Crippen molar-refractivity contribution in [1.29, 1.82) is 0 Å². The number of nitrogens with two attached hydrogens (primary N) is 1. The molecule has 0 radical (unpaired) electrons. The second-order valence-electron chi connectivity index (χ2n) is 3.61. The zero-order chi connectivity index (χ0) is 9.40. The fraction of sp³-hybridized carbons (Fsp3) is 1.00. The quantitative estimate of drug-likeness (QED) is 0.614. The van der Waals surface area contributed by atoms with E-state index in [-0.39, 0.29) is 0 Å². The van der Waals surface area contributed by atoms with E-state index >= 15 is 0 Å². The Morgan fingerprint density at radius 3 is 2.42 bits per heavy atom. The van der Waals surface area contributed by atoms with Crippen molar-refractivity contribution in [2.45, 2.75) is 46.1 Å². The Balaban J connectivity index is 3.43. The van der Waals surface area contributed by atoms with Gasteiger partial charge in [0.15, 0.2) is 0 Å². The Morgan fingerprint density at radius 1 is 1.33 bits per heavy atom. The molecule has 0 aliphatic carbocycles. The van der Waals surface area contributed by atoms with E-state index in [0.717, 1.165) is 13.1 Å². The van der Waals surface area contributed by atoms with Crippen molar-refractivity contribution in [2.75, 3.05) is 13.1 Å². The summed E-state index contributed by atoms with van der Waals surface area (Å²) < 4.78 is 0. The monoisotopic (exact) mass is 172 g/mol. The second-order valence-corrected chi connectivity index (χ2v) is 3.61. The summed E-state index contributed by atoms with van der Waals surface area (Å²) in [7, 11) is 0. The van der Waals surface area contributed by atoms with Crippen LogP contribution in [0.2, 0.25) is 0 Å². The number of rotatable bonds is 7. The molecular weight excluding hydrogens is 148 g/mol. The van der Waals surface area contributed by atoms with Crippen LogP contribution < -0.4 is 11.1 Å². The van der Waals surface area contributed by atoms with Gasteiger partial charge in [0, 0.05) is 6.04 Å². The van der Waals surface area contributed by atoms with Gasteiger partial charge in [-0.25, -0.2) is 0 Å². The van der Waals surface area contributed by atoms with E-state index in [1.165, 1.54) is 19.3 Å². The van der Waals surface area contributed by atoms with Crippen LogP contribution in [0.4, 0.5) is 0 Å². The predicted octanol–water partition coefficient (Wildman–Crippen LogP) is 1.75. The third-order valence-electron chi connectivity index (χ3n) is 2.40. The maximum atomic E-state index is 5.65. The Bertz CT molecular complexity index is 93.8. The first-order valence-electron chi connectivity index (χ1n) is 5.18. The van der Waals surface area contributed by atoms with Crippen molar-refractivity contribution in [2.24, 2.45) is 11.7 Å². The molecule has 2 nitrogen and oxygen atoms in total. The van der Waals surface area contributed by atoms with Crippen molar-refractivity contribution < 1.29 is 0 Å². The van der Waals surface area contributed by atoms with Gasteiger partial charge in [0.25, 0.3) is 0 Å². The molecule has 12 heavy (non-hydrogen) atoms. The number of hydrogen-bond donors (Lipinski definition) is 2. The van der Waals surface area contributed by atoms with E-state index in [1.54, 1.807) is 0 Å². The highest BCUT2D eigenvalue weighted by Gasteiger charge is 2.06. The largest absolute Gasteiger partial charge is 0.330 e. The molecule has 0 heterocycles. The third-order valence-corrected chi connectivity index (χ3v) is 2.40. The fourth-order valence-corrected chi connectivity index (χ4v) is 1.22. The lowest BCUT2D eigenvalue weighted by Gasteiger charge is -2.17. The minimum Gasteiger partial charge on any atom is -0.330 e. The summed E-state index contributed by atoms with van der Waals surface area (Å²) in [5.74, 6) is 0.670. The first-order valence-corrected chi connectivity index (χ1v) is 5.18. The Hall–Kier alpha value is -0.0800. The molecule has 0 bridgehead atoms. The topological polar surface area (TPSA) is 38.0 Å². The lowest BCUT2D eigenvalue weighted by Crippen LogP contribution is -2.33. The standard InChI is InChI=1S/C10H24N2/c1-4-6-10(7-11)8-12-9(3)5-2/h9-10,12H,4-8,11H2,1-3H3. The molecule has 0 saturated carbocycles. The summed E-state index contributed by atoms with van der Waals surface area (Å²) in [6.45, 7) is 8.54. The molecule has 2 atom stereocenters. The van der Waals surface area contributed by atoms with Crippen LogP contribution in [0.3, 0.4) is 0 Å². The van der Waals surface area contributed by atoms with Crippen LogP contribution in [0.1, 0.15) is 40.0 Å². The van der Waals surface area contributed by atoms with E-state index in [2.05, 4.69) is 26.1 Å². The van der Waals surface area contributed by atoms with Gasteiger partial charge >= 0.3 is 0 Å². The van der Waals surface area contributed by atoms with Gasteiger partial charge in [0.1, 0.15) is 0 Å². The highest BCUT2D eigenvalue weighted by molar-refractivity contribution is 4.65. The molecule has 2 heteroatoms. The Kier molecular flexibility index (Phi) is 7.51. The molecule has 0 aliphatic rings. The van der Waals surface area contributed by atoms with Crippen LogP contribution in [0, 0.1) is 5.92 Å². The average molecular weight is 172 g/mol. The summed E-state index contributed by atoms with van der Waals surface area (Å²) in [5.41, 5.74) is 5.65. The normalized spacial score (nSPS) is 16.0. The zero-order valence-electron chi connectivity index (χ0n) is 8.77. The van der Waals surface area contributed by atoms with Gasteiger partial charge in [0.2, 0.25) is 0 Å². The summed E-state index contributed by atoms with van der Waals surface area (Å²) in [5, 5.41) is 3.49. The van der Waals surface area contributed by atoms with E-state index in [1.807, 2.05) is 0 Å². The van der Waals surface area contributed by atoms with Crippen LogP contribution >= 0.6 is 0 Å². The molecule has 0 amide bonds. The van der Waals surface area contributed by atoms with Gasteiger partial charge in [-0.1, -0.05) is 20.3 Å². The van der Waals surface area contributed by atoms with Gasteiger partial charge in [-0.2, -0.15) is 0 Å². The minimum atomic E-state index is 0.635. The zero-order valence-corrected chi connectivity index (χ0v) is 8.77. The van der Waals surface area contributed by atoms with Crippen LogP contribution in [-0.2, 0) is 0 Å². The van der Waals surface area contributed by atoms with Gasteiger partial charge in [0.05, 0.1) is 0 Å². The molecule has 2 unspecified atom stereocenters. The highest BCUT2D eigenvalue weighted by Crippen LogP contribution is 2.03. The molecule has 0 aromatic rings. The molecular formula is C10H24N2. The SMILES string of the molecule is CCCC(CN)CNC(C)CC. The predicted molar refractivity (Wildman–Crippen MR) is 55.2 cm³/mol. The van der Waals surface area contributed by atoms with Gasteiger partial charge < -0.3 is 11.1 Å². The molecule has 0 aromatic carbocycles. The highest BCUT2D eigenvalue weighted by atomic mass is 14.9. The van der Waals surface area contributed by atoms with Crippen LogP contribution in [-0.4, -0.2) is 19.1 Å². The Labute approximate surface area is 76.9 Å². The van der Waals surface area contributed by atoms with Crippen molar-refractivity contribution in [1.82, 2.24) is 5.32 Å². The molecule has 0 rings (SSSR count). The van der Waals surface area contributed by atoms with Gasteiger partial charge in [-0.05, 0) is 38.8 Å². The molecule has 0 saturated heterocycles. The van der Waals surface area contributed by atoms with E-state index in [9.17, 15) is 0 Å². The van der Waals surface area contributed by atoms with Crippen LogP contribution in [0.25, 0.3) is 0 Å². The van der Waals surface area contributed by atoms with Crippen LogP contribution in [0.15, 0.2) is 0 Å². The number of nitrogens with one attached hydrogen (secondary N) is 1. The number of hydrogen-bond acceptors (Lipinski definition) is 2. The smallest absolute Gasteiger partial charge is 0.00362 e. The maximum Gasteiger partial charge on any atom is 0.00362 e. The molecule has 74 valence electrons. The molecule has 0 spiro atoms. The fourth-order valence-electron chi connectivity index (χ4n) is 1.22. The summed E-state index contributed by atoms with van der Waals surface area (Å²) in [6.07, 6.45) is 3.69. The third kappa shape index (κ3) is 5.56. The summed E-state index contributed by atoms with van der Waals surface area (Å²) in [4.78, 5) is 0. The Morgan fingerprint density at radius 2 is 2.00 bits per heavy atom. The summed E-state index contributed by atoms with van der Waals surface area (Å²) >= 11 is 0. The summed E-state index contributed by atoms with van der Waals surface area (Å²) in [6, 6.07) is 0.635. The average Bonchev–Trinajstić information content (AvgIpc) is 2.11. The molecule has 3 N–H and O–H groups in total. The van der Waals surface area contributed by atoms with Crippen molar-refractivity contribution in [3.8, 4) is 0 Å². The minimum absolute atomic E-state index is 0.635. The van der Waals surface area contributed by atoms with Crippen molar-refractivity contribution >= 4 is 0 Å². The van der Waals surface area contributed by atoms with Crippen molar-refractivity contribution in [3.63, 3.8) is 0 Å². The first-order chi connectivity index (χ1) is 5.74. The van der Waals surface area contributed by atoms with Gasteiger partial charge in [-0.3, -0.25) is 0 Å². The lowest BCUT2D eigenvalue weighted by molar-refractivity contribution is 0.414. The second kappa shape index (κ2) is 7.56. The van der Waals surface area contributed by atoms with E-state index in [4.69, 9.17) is 5.73 Å².